The van der Waals surface area contributed by atoms with Gasteiger partial charge in [-0.05, 0) is 37.1 Å². The van der Waals surface area contributed by atoms with Crippen molar-refractivity contribution in [1.29, 1.82) is 0 Å². The van der Waals surface area contributed by atoms with Crippen molar-refractivity contribution in [3.8, 4) is 22.3 Å². The number of anilines is 2. The van der Waals surface area contributed by atoms with E-state index in [9.17, 15) is 26.8 Å². The third kappa shape index (κ3) is 6.61. The van der Waals surface area contributed by atoms with Crippen LogP contribution in [0, 0.1) is 11.6 Å². The number of benzene rings is 2. The summed E-state index contributed by atoms with van der Waals surface area (Å²) < 4.78 is 72.2. The van der Waals surface area contributed by atoms with Gasteiger partial charge < -0.3 is 15.2 Å². The molecule has 1 fully saturated rings. The largest absolute Gasteiger partial charge is 0.398 e. The second kappa shape index (κ2) is 13.7. The lowest BCUT2D eigenvalue weighted by molar-refractivity contribution is 0.137. The Hall–Kier alpha value is -3.05. The maximum Gasteiger partial charge on any atom is 0.276 e. The zero-order valence-corrected chi connectivity index (χ0v) is 28.8. The van der Waals surface area contributed by atoms with Crippen LogP contribution < -0.4 is 21.6 Å². The minimum atomic E-state index is -3.60. The van der Waals surface area contributed by atoms with Crippen molar-refractivity contribution in [3.05, 3.63) is 77.0 Å². The summed E-state index contributed by atoms with van der Waals surface area (Å²) in [5.41, 5.74) is 5.09. The Morgan fingerprint density at radius 1 is 0.708 bits per heavy atom. The van der Waals surface area contributed by atoms with Crippen molar-refractivity contribution in [3.63, 3.8) is 0 Å². The Balaban J connectivity index is 0.000000173. The number of rotatable bonds is 5. The lowest BCUT2D eigenvalue weighted by atomic mass is 10.1. The summed E-state index contributed by atoms with van der Waals surface area (Å²) in [7, 11) is -3.60. The number of aromatic nitrogens is 4. The van der Waals surface area contributed by atoms with E-state index in [-0.39, 0.29) is 66.1 Å². The summed E-state index contributed by atoms with van der Waals surface area (Å²) in [6.45, 7) is 3.00. The van der Waals surface area contributed by atoms with Gasteiger partial charge in [0.05, 0.1) is 90.4 Å². The van der Waals surface area contributed by atoms with Gasteiger partial charge in [-0.2, -0.15) is 0 Å². The molecule has 2 aromatic carbocycles. The van der Waals surface area contributed by atoms with E-state index < -0.39 is 32.5 Å². The van der Waals surface area contributed by atoms with Gasteiger partial charge in [0.15, 0.2) is 0 Å². The second-order valence-corrected chi connectivity index (χ2v) is 14.7. The van der Waals surface area contributed by atoms with Gasteiger partial charge in [0.1, 0.15) is 21.9 Å². The van der Waals surface area contributed by atoms with Crippen molar-refractivity contribution in [2.75, 3.05) is 36.9 Å². The minimum Gasteiger partial charge on any atom is -0.398 e. The molecule has 3 N–H and O–H groups in total. The van der Waals surface area contributed by atoms with Crippen molar-refractivity contribution >= 4 is 67.8 Å². The fourth-order valence-electron chi connectivity index (χ4n) is 5.46. The molecule has 258 valence electrons. The molecule has 0 amide bonds. The van der Waals surface area contributed by atoms with Gasteiger partial charge in [-0.3, -0.25) is 23.7 Å². The van der Waals surface area contributed by atoms with Gasteiger partial charge in [-0.1, -0.05) is 46.4 Å². The van der Waals surface area contributed by atoms with Gasteiger partial charge in [0, 0.05) is 11.1 Å². The lowest BCUT2D eigenvalue weighted by Gasteiger charge is -2.11. The normalized spacial score (nSPS) is 16.3. The van der Waals surface area contributed by atoms with E-state index in [2.05, 4.69) is 4.72 Å². The summed E-state index contributed by atoms with van der Waals surface area (Å²) in [6, 6.07) is 4.61. The summed E-state index contributed by atoms with van der Waals surface area (Å²) in [5.74, 6) is -1.39. The number of hydrogen-bond donors (Lipinski definition) is 2. The molecule has 1 aliphatic carbocycles. The number of nitrogens with zero attached hydrogens (tertiary/aromatic N) is 4. The highest BCUT2D eigenvalue weighted by molar-refractivity contribution is 7.93. The van der Waals surface area contributed by atoms with Crippen LogP contribution in [0.5, 0.6) is 0 Å². The first-order valence-electron chi connectivity index (χ1n) is 14.7. The number of hydrogen-bond acceptors (Lipinski definition) is 7. The van der Waals surface area contributed by atoms with Gasteiger partial charge >= 0.3 is 0 Å². The average molecular weight is 768 g/mol. The molecule has 12 nitrogen and oxygen atoms in total. The third-order valence-electron chi connectivity index (χ3n) is 8.03. The Bertz CT molecular complexity index is 2140. The Labute approximate surface area is 292 Å². The van der Waals surface area contributed by atoms with Gasteiger partial charge in [0.25, 0.3) is 11.1 Å². The van der Waals surface area contributed by atoms with E-state index in [0.717, 1.165) is 12.1 Å². The van der Waals surface area contributed by atoms with E-state index in [1.807, 2.05) is 0 Å². The zero-order valence-electron chi connectivity index (χ0n) is 24.9. The first-order valence-corrected chi connectivity index (χ1v) is 17.8. The Kier molecular flexibility index (Phi) is 9.93. The van der Waals surface area contributed by atoms with E-state index in [1.165, 1.54) is 26.2 Å². The van der Waals surface area contributed by atoms with Crippen LogP contribution in [0.1, 0.15) is 12.8 Å². The van der Waals surface area contributed by atoms with Crippen LogP contribution in [-0.4, -0.2) is 58.8 Å². The van der Waals surface area contributed by atoms with Gasteiger partial charge in [0.2, 0.25) is 10.0 Å². The summed E-state index contributed by atoms with van der Waals surface area (Å²) in [6.07, 6.45) is 1.14. The first kappa shape index (κ1) is 34.8. The molecule has 2 aliphatic heterocycles. The lowest BCUT2D eigenvalue weighted by Crippen LogP contribution is -2.23. The van der Waals surface area contributed by atoms with Crippen molar-refractivity contribution < 1.29 is 26.7 Å². The molecule has 0 saturated heterocycles. The number of halogens is 6. The third-order valence-corrected chi connectivity index (χ3v) is 11.3. The zero-order chi connectivity index (χ0) is 34.5. The molecule has 4 heterocycles. The molecular weight excluding hydrogens is 740 g/mol. The molecule has 4 aromatic rings. The Morgan fingerprint density at radius 2 is 1.15 bits per heavy atom. The molecule has 7 rings (SSSR count). The molecule has 0 radical (unpaired) electrons. The molecular formula is C29H28Cl4F2N6O6S. The molecule has 0 spiro atoms. The van der Waals surface area contributed by atoms with Crippen LogP contribution in [0.3, 0.4) is 0 Å². The predicted molar refractivity (Wildman–Crippen MR) is 180 cm³/mol. The van der Waals surface area contributed by atoms with Crippen LogP contribution in [0.15, 0.2) is 33.9 Å². The van der Waals surface area contributed by atoms with E-state index in [4.69, 9.17) is 61.6 Å². The summed E-state index contributed by atoms with van der Waals surface area (Å²) in [4.78, 5) is 25.3. The maximum atomic E-state index is 14.6. The number of ether oxygens (including phenoxy) is 2. The fraction of sp³-hybridized carbons (Fsp3) is 0.379. The molecule has 48 heavy (non-hydrogen) atoms. The van der Waals surface area contributed by atoms with Crippen LogP contribution in [-0.2, 0) is 45.7 Å². The number of sulfonamides is 1. The SMILES string of the molecule is Nc1cc(-c2c(Cl)n3n(c2=O)CCOCC3)c(F)cc1Cl.O=c1c(-c2cc(NS(=O)(=O)C3CC3)c(Cl)cc2F)c(Cl)n2n1CCOCC2. The molecule has 2 aromatic heterocycles. The first-order chi connectivity index (χ1) is 22.8. The minimum absolute atomic E-state index is 0.0187. The maximum absolute atomic E-state index is 14.6. The standard InChI is InChI=1S/C16H16Cl2FN3O4S.C13H12Cl2FN3O2/c17-11-8-12(19)10(7-13(11)20-27(24,25)9-1-2-9)14-15(18)21-3-5-26-6-4-22(21)16(14)23;14-8-6-9(16)7(5-10(8)17)11-12(15)18-1-3-21-4-2-19(18)13(11)20/h7-9,20H,1-6H2;5-6H,1-4,17H2. The predicted octanol–water partition coefficient (Wildman–Crippen LogP) is 5.07. The van der Waals surface area contributed by atoms with Crippen LogP contribution in [0.25, 0.3) is 22.3 Å². The van der Waals surface area contributed by atoms with Crippen molar-refractivity contribution in [1.82, 2.24) is 18.7 Å². The summed E-state index contributed by atoms with van der Waals surface area (Å²) in [5, 5.41) is -0.219. The molecule has 3 aliphatic rings. The van der Waals surface area contributed by atoms with Crippen LogP contribution >= 0.6 is 46.4 Å². The quantitative estimate of drug-likeness (QED) is 0.270. The number of nitrogens with one attached hydrogen (secondary N) is 1. The van der Waals surface area contributed by atoms with E-state index in [0.29, 0.717) is 58.9 Å². The monoisotopic (exact) mass is 766 g/mol. The molecule has 0 atom stereocenters. The fourth-order valence-corrected chi connectivity index (χ4v) is 7.98. The Morgan fingerprint density at radius 3 is 1.62 bits per heavy atom. The van der Waals surface area contributed by atoms with E-state index in [1.54, 1.807) is 4.68 Å². The molecule has 0 unspecified atom stereocenters. The van der Waals surface area contributed by atoms with Gasteiger partial charge in [-0.25, -0.2) is 26.6 Å². The molecule has 1 saturated carbocycles. The number of nitrogens with two attached hydrogens (primary N) is 1. The van der Waals surface area contributed by atoms with Crippen LogP contribution in [0.2, 0.25) is 20.4 Å². The van der Waals surface area contributed by atoms with Crippen molar-refractivity contribution in [2.24, 2.45) is 0 Å². The van der Waals surface area contributed by atoms with Gasteiger partial charge in [-0.15, -0.1) is 0 Å². The highest BCUT2D eigenvalue weighted by Crippen LogP contribution is 2.37. The van der Waals surface area contributed by atoms with Crippen LogP contribution in [0.4, 0.5) is 20.2 Å². The smallest absolute Gasteiger partial charge is 0.276 e. The van der Waals surface area contributed by atoms with E-state index >= 15 is 0 Å². The number of fused-ring (bicyclic) bond motifs is 2. The number of nitrogen functional groups attached to an aromatic ring is 1. The molecule has 0 bridgehead atoms. The molecule has 19 heteroatoms. The highest BCUT2D eigenvalue weighted by Gasteiger charge is 2.36. The average Bonchev–Trinajstić information content (AvgIpc) is 3.87. The summed E-state index contributed by atoms with van der Waals surface area (Å²) >= 11 is 24.4. The van der Waals surface area contributed by atoms with Crippen molar-refractivity contribution in [2.45, 2.75) is 44.3 Å². The highest BCUT2D eigenvalue weighted by atomic mass is 35.5. The second-order valence-electron chi connectivity index (χ2n) is 11.2. The topological polar surface area (TPSA) is 145 Å².